The fraction of sp³-hybridized carbons (Fsp3) is 0.462. The van der Waals surface area contributed by atoms with Gasteiger partial charge in [-0.05, 0) is 23.6 Å². The van der Waals surface area contributed by atoms with Crippen LogP contribution in [-0.4, -0.2) is 41.6 Å². The lowest BCUT2D eigenvalue weighted by molar-refractivity contribution is 0.0746. The number of carbonyl (C=O) groups is 1. The minimum atomic E-state index is -1.69. The summed E-state index contributed by atoms with van der Waals surface area (Å²) in [6, 6.07) is 4.48. The monoisotopic (exact) mass is 283 g/mol. The van der Waals surface area contributed by atoms with Gasteiger partial charge in [0.2, 0.25) is 0 Å². The van der Waals surface area contributed by atoms with Gasteiger partial charge in [-0.2, -0.15) is 0 Å². The number of benzene rings is 1. The molecule has 0 saturated carbocycles. The van der Waals surface area contributed by atoms with Crippen molar-refractivity contribution in [3.8, 4) is 0 Å². The van der Waals surface area contributed by atoms with E-state index in [4.69, 9.17) is 11.6 Å². The number of nitrogens with zero attached hydrogens (tertiary/aromatic N) is 1. The average Bonchev–Trinajstić information content (AvgIpc) is 2.26. The Bertz CT molecular complexity index is 471. The van der Waals surface area contributed by atoms with Crippen molar-refractivity contribution < 1.29 is 14.8 Å². The van der Waals surface area contributed by atoms with Crippen LogP contribution in [0.1, 0.15) is 31.1 Å². The van der Waals surface area contributed by atoms with Crippen LogP contribution in [0.3, 0.4) is 0 Å². The van der Waals surface area contributed by atoms with Gasteiger partial charge in [-0.3, -0.25) is 4.79 Å². The van der Waals surface area contributed by atoms with Crippen molar-refractivity contribution in [3.63, 3.8) is 0 Å². The maximum Gasteiger partial charge on any atom is 0.489 e. The quantitative estimate of drug-likeness (QED) is 0.818. The molecule has 0 aromatic heterocycles. The van der Waals surface area contributed by atoms with E-state index in [1.165, 1.54) is 12.1 Å². The molecule has 0 aliphatic heterocycles. The Hall–Kier alpha value is -1.04. The highest BCUT2D eigenvalue weighted by molar-refractivity contribution is 6.62. The third-order valence-corrected chi connectivity index (χ3v) is 2.92. The maximum absolute atomic E-state index is 12.2. The van der Waals surface area contributed by atoms with E-state index in [9.17, 15) is 14.8 Å². The van der Waals surface area contributed by atoms with Crippen LogP contribution >= 0.6 is 11.6 Å². The molecule has 0 heterocycles. The molecule has 4 nitrogen and oxygen atoms in total. The van der Waals surface area contributed by atoms with E-state index in [-0.39, 0.29) is 21.8 Å². The summed E-state index contributed by atoms with van der Waals surface area (Å²) in [6.45, 7) is 6.73. The molecule has 0 spiro atoms. The van der Waals surface area contributed by atoms with Crippen molar-refractivity contribution in [1.29, 1.82) is 0 Å². The highest BCUT2D eigenvalue weighted by Crippen LogP contribution is 2.16. The maximum atomic E-state index is 12.2. The summed E-state index contributed by atoms with van der Waals surface area (Å²) in [5.41, 5.74) is 0.520. The van der Waals surface area contributed by atoms with Gasteiger partial charge in [0.05, 0.1) is 0 Å². The van der Waals surface area contributed by atoms with E-state index < -0.39 is 7.12 Å². The number of halogens is 1. The van der Waals surface area contributed by atoms with Crippen LogP contribution in [0.2, 0.25) is 5.02 Å². The number of rotatable bonds is 3. The Balaban J connectivity index is 2.97. The first-order valence-corrected chi connectivity index (χ1v) is 6.40. The van der Waals surface area contributed by atoms with Crippen molar-refractivity contribution in [3.05, 3.63) is 28.8 Å². The van der Waals surface area contributed by atoms with Gasteiger partial charge >= 0.3 is 7.12 Å². The van der Waals surface area contributed by atoms with Gasteiger partial charge in [0.25, 0.3) is 5.91 Å². The molecule has 19 heavy (non-hydrogen) atoms. The minimum Gasteiger partial charge on any atom is -0.423 e. The van der Waals surface area contributed by atoms with Crippen LogP contribution in [0.25, 0.3) is 0 Å². The van der Waals surface area contributed by atoms with E-state index in [0.29, 0.717) is 12.1 Å². The number of hydrogen-bond donors (Lipinski definition) is 2. The molecule has 104 valence electrons. The molecular formula is C13H19BClNO3. The smallest absolute Gasteiger partial charge is 0.423 e. The normalized spacial score (nSPS) is 11.3. The van der Waals surface area contributed by atoms with Gasteiger partial charge < -0.3 is 14.9 Å². The Kier molecular flexibility index (Phi) is 5.01. The van der Waals surface area contributed by atoms with Gasteiger partial charge in [-0.15, -0.1) is 0 Å². The zero-order valence-electron chi connectivity index (χ0n) is 11.6. The molecule has 0 saturated heterocycles. The van der Waals surface area contributed by atoms with Crippen LogP contribution in [-0.2, 0) is 0 Å². The summed E-state index contributed by atoms with van der Waals surface area (Å²) in [6.07, 6.45) is 0. The van der Waals surface area contributed by atoms with Crippen molar-refractivity contribution in [1.82, 2.24) is 4.90 Å². The average molecular weight is 284 g/mol. The molecule has 0 atom stereocenters. The number of hydrogen-bond acceptors (Lipinski definition) is 3. The molecular weight excluding hydrogens is 264 g/mol. The number of carbonyl (C=O) groups excluding carboxylic acids is 1. The Morgan fingerprint density at radius 1 is 1.37 bits per heavy atom. The third kappa shape index (κ3) is 4.53. The Morgan fingerprint density at radius 3 is 2.42 bits per heavy atom. The largest absolute Gasteiger partial charge is 0.489 e. The van der Waals surface area contributed by atoms with Crippen molar-refractivity contribution in [2.24, 2.45) is 5.41 Å². The van der Waals surface area contributed by atoms with Crippen LogP contribution in [0, 0.1) is 5.41 Å². The van der Waals surface area contributed by atoms with E-state index in [1.54, 1.807) is 18.0 Å². The summed E-state index contributed by atoms with van der Waals surface area (Å²) >= 11 is 5.84. The van der Waals surface area contributed by atoms with Crippen LogP contribution < -0.4 is 5.46 Å². The van der Waals surface area contributed by atoms with E-state index in [1.807, 2.05) is 20.8 Å². The lowest BCUT2D eigenvalue weighted by Gasteiger charge is -2.26. The molecule has 1 aromatic rings. The van der Waals surface area contributed by atoms with Crippen molar-refractivity contribution in [2.75, 3.05) is 13.6 Å². The number of amides is 1. The second kappa shape index (κ2) is 5.95. The first-order chi connectivity index (χ1) is 8.61. The van der Waals surface area contributed by atoms with Gasteiger partial charge in [-0.1, -0.05) is 32.4 Å². The molecule has 0 unspecified atom stereocenters. The molecule has 2 N–H and O–H groups in total. The second-order valence-electron chi connectivity index (χ2n) is 5.83. The van der Waals surface area contributed by atoms with Crippen molar-refractivity contribution >= 4 is 30.1 Å². The van der Waals surface area contributed by atoms with E-state index >= 15 is 0 Å². The molecule has 0 aliphatic carbocycles. The molecule has 1 rings (SSSR count). The first-order valence-electron chi connectivity index (χ1n) is 6.03. The molecule has 0 bridgehead atoms. The van der Waals surface area contributed by atoms with Crippen LogP contribution in [0.5, 0.6) is 0 Å². The molecule has 6 heteroatoms. The van der Waals surface area contributed by atoms with Gasteiger partial charge in [0, 0.05) is 29.6 Å². The van der Waals surface area contributed by atoms with Crippen LogP contribution in [0.15, 0.2) is 18.2 Å². The summed E-state index contributed by atoms with van der Waals surface area (Å²) in [5, 5.41) is 18.6. The first kappa shape index (κ1) is 16.0. The minimum absolute atomic E-state index is 0.00381. The molecule has 0 radical (unpaired) electrons. The van der Waals surface area contributed by atoms with Gasteiger partial charge in [0.15, 0.2) is 0 Å². The molecule has 1 amide bonds. The summed E-state index contributed by atoms with van der Waals surface area (Å²) in [5.74, 6) is -0.173. The predicted molar refractivity (Wildman–Crippen MR) is 77.7 cm³/mol. The standard InChI is InChI=1S/C13H19BClNO3/c1-13(2,3)8-16(4)12(17)9-5-6-11(15)10(7-9)14(18)19/h5-7,18-19H,8H2,1-4H3. The van der Waals surface area contributed by atoms with Gasteiger partial charge in [0.1, 0.15) is 0 Å². The zero-order chi connectivity index (χ0) is 14.8. The lowest BCUT2D eigenvalue weighted by Crippen LogP contribution is -2.36. The lowest BCUT2D eigenvalue weighted by atomic mass is 9.79. The second-order valence-corrected chi connectivity index (χ2v) is 6.24. The Morgan fingerprint density at radius 2 is 1.95 bits per heavy atom. The predicted octanol–water partition coefficient (Wildman–Crippen LogP) is 1.14. The fourth-order valence-electron chi connectivity index (χ4n) is 1.88. The summed E-state index contributed by atoms with van der Waals surface area (Å²) in [4.78, 5) is 13.8. The van der Waals surface area contributed by atoms with Crippen molar-refractivity contribution in [2.45, 2.75) is 20.8 Å². The third-order valence-electron chi connectivity index (χ3n) is 2.58. The molecule has 0 aliphatic rings. The summed E-state index contributed by atoms with van der Waals surface area (Å²) in [7, 11) is 0.0326. The highest BCUT2D eigenvalue weighted by atomic mass is 35.5. The van der Waals surface area contributed by atoms with Gasteiger partial charge in [-0.25, -0.2) is 0 Å². The van der Waals surface area contributed by atoms with E-state index in [0.717, 1.165) is 0 Å². The fourth-order valence-corrected chi connectivity index (χ4v) is 2.09. The summed E-state index contributed by atoms with van der Waals surface area (Å²) < 4.78 is 0. The molecule has 0 fully saturated rings. The van der Waals surface area contributed by atoms with E-state index in [2.05, 4.69) is 0 Å². The molecule has 1 aromatic carbocycles. The SMILES string of the molecule is CN(CC(C)(C)C)C(=O)c1ccc(Cl)c(B(O)O)c1. The highest BCUT2D eigenvalue weighted by Gasteiger charge is 2.21. The zero-order valence-corrected chi connectivity index (χ0v) is 12.4. The topological polar surface area (TPSA) is 60.8 Å². The Labute approximate surface area is 119 Å². The van der Waals surface area contributed by atoms with Crippen LogP contribution in [0.4, 0.5) is 0 Å².